The van der Waals surface area contributed by atoms with Gasteiger partial charge < -0.3 is 21.5 Å². The van der Waals surface area contributed by atoms with E-state index in [2.05, 4.69) is 29.4 Å². The summed E-state index contributed by atoms with van der Waals surface area (Å²) in [5, 5.41) is 3.44. The highest BCUT2D eigenvalue weighted by molar-refractivity contribution is 5.67. The van der Waals surface area contributed by atoms with Gasteiger partial charge in [0.25, 0.3) is 0 Å². The molecule has 30 heavy (non-hydrogen) atoms. The van der Waals surface area contributed by atoms with Crippen LogP contribution in [0.3, 0.4) is 0 Å². The van der Waals surface area contributed by atoms with Gasteiger partial charge in [-0.05, 0) is 69.9 Å². The van der Waals surface area contributed by atoms with Crippen molar-refractivity contribution in [3.05, 3.63) is 83.3 Å². The summed E-state index contributed by atoms with van der Waals surface area (Å²) in [7, 11) is 0. The number of benzene rings is 1. The minimum absolute atomic E-state index is 0.526. The van der Waals surface area contributed by atoms with Gasteiger partial charge in [0.15, 0.2) is 0 Å². The molecule has 0 saturated carbocycles. The van der Waals surface area contributed by atoms with Gasteiger partial charge in [-0.2, -0.15) is 0 Å². The van der Waals surface area contributed by atoms with Crippen LogP contribution in [0.25, 0.3) is 5.70 Å². The number of aromatic nitrogens is 1. The maximum atomic E-state index is 6.30. The number of aryl methyl sites for hydroxylation is 1. The Hall–Kier alpha value is -2.63. The van der Waals surface area contributed by atoms with Crippen molar-refractivity contribution in [1.82, 2.24) is 10.3 Å². The van der Waals surface area contributed by atoms with Gasteiger partial charge in [-0.1, -0.05) is 35.9 Å². The zero-order chi connectivity index (χ0) is 21.6. The van der Waals surface area contributed by atoms with Gasteiger partial charge in [-0.15, -0.1) is 0 Å². The van der Waals surface area contributed by atoms with Gasteiger partial charge in [-0.3, -0.25) is 4.98 Å². The highest BCUT2D eigenvalue weighted by atomic mass is 16.5. The predicted molar refractivity (Wildman–Crippen MR) is 126 cm³/mol. The van der Waals surface area contributed by atoms with Crippen LogP contribution in [0.1, 0.15) is 43.7 Å². The maximum absolute atomic E-state index is 6.30. The molecule has 0 aliphatic carbocycles. The zero-order valence-electron chi connectivity index (χ0n) is 18.3. The van der Waals surface area contributed by atoms with Gasteiger partial charge >= 0.3 is 0 Å². The average Bonchev–Trinajstić information content (AvgIpc) is 3.27. The summed E-state index contributed by atoms with van der Waals surface area (Å²) in [6, 6.07) is 14.6. The number of hydrogen-bond donors (Lipinski definition) is 3. The van der Waals surface area contributed by atoms with Crippen LogP contribution in [0, 0.1) is 6.92 Å². The van der Waals surface area contributed by atoms with Gasteiger partial charge in [0.05, 0.1) is 6.61 Å². The molecule has 1 fully saturated rings. The zero-order valence-corrected chi connectivity index (χ0v) is 18.3. The number of nitrogens with two attached hydrogens (primary N) is 2. The maximum Gasteiger partial charge on any atom is 0.0619 e. The van der Waals surface area contributed by atoms with E-state index in [1.165, 1.54) is 18.4 Å². The fourth-order valence-electron chi connectivity index (χ4n) is 3.30. The molecule has 5 nitrogen and oxygen atoms in total. The molecule has 3 rings (SSSR count). The Morgan fingerprint density at radius 3 is 2.47 bits per heavy atom. The molecule has 5 N–H and O–H groups in total. The minimum atomic E-state index is 0.526. The smallest absolute Gasteiger partial charge is 0.0619 e. The number of nitrogens with one attached hydrogen (secondary N) is 1. The lowest BCUT2D eigenvalue weighted by Crippen LogP contribution is -2.26. The van der Waals surface area contributed by atoms with E-state index >= 15 is 0 Å². The second kappa shape index (κ2) is 13.6. The third-order valence-electron chi connectivity index (χ3n) is 4.90. The van der Waals surface area contributed by atoms with Crippen LogP contribution in [-0.2, 0) is 4.74 Å². The summed E-state index contributed by atoms with van der Waals surface area (Å²) in [6.45, 7) is 6.61. The van der Waals surface area contributed by atoms with E-state index in [9.17, 15) is 0 Å². The number of nitrogens with zero attached hydrogens (tertiary/aromatic N) is 1. The van der Waals surface area contributed by atoms with E-state index in [-0.39, 0.29) is 0 Å². The number of allylic oxidation sites excluding steroid dienone is 3. The molecule has 2 aromatic rings. The molecule has 0 bridgehead atoms. The summed E-state index contributed by atoms with van der Waals surface area (Å²) in [4.78, 5) is 4.03. The van der Waals surface area contributed by atoms with Crippen LogP contribution in [-0.4, -0.2) is 30.8 Å². The summed E-state index contributed by atoms with van der Waals surface area (Å²) in [5.41, 5.74) is 17.0. The van der Waals surface area contributed by atoms with E-state index in [0.717, 1.165) is 55.1 Å². The average molecular weight is 409 g/mol. The number of rotatable bonds is 8. The summed E-state index contributed by atoms with van der Waals surface area (Å²) >= 11 is 0. The van der Waals surface area contributed by atoms with E-state index in [1.807, 2.05) is 43.3 Å². The van der Waals surface area contributed by atoms with Crippen LogP contribution < -0.4 is 16.8 Å². The minimum Gasteiger partial charge on any atom is -0.402 e. The Balaban J connectivity index is 0.000000386. The van der Waals surface area contributed by atoms with Gasteiger partial charge in [0.1, 0.15) is 0 Å². The van der Waals surface area contributed by atoms with E-state index in [1.54, 1.807) is 12.4 Å². The standard InChI is InChI=1S/C18H28N4O.C7H8/c1-14(19)12-16(18(20)15-6-9-21-10-7-15)4-3-11-23-13-17-5-2-8-22-17;1-7-5-3-2-4-6-7/h6-7,9-10,12,17,22H,2-5,8,11,13,19-20H2,1H3;2-6H,1H3/b14-12-,18-16-;. The van der Waals surface area contributed by atoms with Crippen molar-refractivity contribution in [2.45, 2.75) is 45.6 Å². The lowest BCUT2D eigenvalue weighted by atomic mass is 10.0. The largest absolute Gasteiger partial charge is 0.402 e. The summed E-state index contributed by atoms with van der Waals surface area (Å²) in [6.07, 6.45) is 9.69. The Morgan fingerprint density at radius 1 is 1.17 bits per heavy atom. The van der Waals surface area contributed by atoms with Gasteiger partial charge in [0.2, 0.25) is 0 Å². The van der Waals surface area contributed by atoms with Crippen LogP contribution in [0.15, 0.2) is 72.2 Å². The molecule has 162 valence electrons. The lowest BCUT2D eigenvalue weighted by molar-refractivity contribution is 0.114. The summed E-state index contributed by atoms with van der Waals surface area (Å²) < 4.78 is 5.77. The molecule has 1 aliphatic heterocycles. The molecule has 1 atom stereocenters. The third kappa shape index (κ3) is 9.25. The van der Waals surface area contributed by atoms with E-state index in [0.29, 0.717) is 6.04 Å². The molecule has 0 spiro atoms. The Morgan fingerprint density at radius 2 is 1.90 bits per heavy atom. The number of hydrogen-bond acceptors (Lipinski definition) is 5. The van der Waals surface area contributed by atoms with Crippen molar-refractivity contribution >= 4 is 5.70 Å². The first-order chi connectivity index (χ1) is 14.6. The first-order valence-corrected chi connectivity index (χ1v) is 10.7. The Bertz CT molecular complexity index is 777. The van der Waals surface area contributed by atoms with Crippen molar-refractivity contribution in [3.8, 4) is 0 Å². The number of pyridine rings is 1. The first-order valence-electron chi connectivity index (χ1n) is 10.7. The molecule has 0 radical (unpaired) electrons. The SMILES string of the molecule is C/C(N)=C/C(CCCOCC1CCCN1)=C(\N)c1ccncc1.Cc1ccccc1. The van der Waals surface area contributed by atoms with Gasteiger partial charge in [-0.25, -0.2) is 0 Å². The molecule has 1 aromatic carbocycles. The fourth-order valence-corrected chi connectivity index (χ4v) is 3.30. The fraction of sp³-hybridized carbons (Fsp3) is 0.400. The van der Waals surface area contributed by atoms with Crippen LogP contribution in [0.4, 0.5) is 0 Å². The second-order valence-corrected chi connectivity index (χ2v) is 7.69. The monoisotopic (exact) mass is 408 g/mol. The highest BCUT2D eigenvalue weighted by Crippen LogP contribution is 2.19. The quantitative estimate of drug-likeness (QED) is 0.451. The molecule has 1 unspecified atom stereocenters. The first kappa shape index (κ1) is 23.6. The van der Waals surface area contributed by atoms with Crippen LogP contribution >= 0.6 is 0 Å². The molecule has 2 heterocycles. The van der Waals surface area contributed by atoms with Crippen LogP contribution in [0.5, 0.6) is 0 Å². The second-order valence-electron chi connectivity index (χ2n) is 7.69. The molecule has 1 aliphatic rings. The predicted octanol–water partition coefficient (Wildman–Crippen LogP) is 4.16. The van der Waals surface area contributed by atoms with Crippen molar-refractivity contribution in [1.29, 1.82) is 0 Å². The summed E-state index contributed by atoms with van der Waals surface area (Å²) in [5.74, 6) is 0. The van der Waals surface area contributed by atoms with Crippen LogP contribution in [0.2, 0.25) is 0 Å². The lowest BCUT2D eigenvalue weighted by Gasteiger charge is -2.12. The molecule has 1 saturated heterocycles. The normalized spacial score (nSPS) is 17.1. The van der Waals surface area contributed by atoms with Crippen molar-refractivity contribution in [2.75, 3.05) is 19.8 Å². The van der Waals surface area contributed by atoms with Gasteiger partial charge in [0, 0.05) is 42.0 Å². The molecule has 1 aromatic heterocycles. The topological polar surface area (TPSA) is 86.2 Å². The third-order valence-corrected chi connectivity index (χ3v) is 4.90. The Labute approximate surface area is 181 Å². The van der Waals surface area contributed by atoms with E-state index in [4.69, 9.17) is 16.2 Å². The molecule has 5 heteroatoms. The Kier molecular flexibility index (Phi) is 10.7. The molecular weight excluding hydrogens is 372 g/mol. The highest BCUT2D eigenvalue weighted by Gasteiger charge is 2.13. The van der Waals surface area contributed by atoms with Crippen molar-refractivity contribution < 1.29 is 4.74 Å². The van der Waals surface area contributed by atoms with Crippen molar-refractivity contribution in [2.24, 2.45) is 11.5 Å². The molecule has 0 amide bonds. The number of ether oxygens (including phenoxy) is 1. The van der Waals surface area contributed by atoms with Crippen molar-refractivity contribution in [3.63, 3.8) is 0 Å². The van der Waals surface area contributed by atoms with E-state index < -0.39 is 0 Å². The molecular formula is C25H36N4O.